The summed E-state index contributed by atoms with van der Waals surface area (Å²) in [5, 5.41) is 13.2. The molecule has 0 aliphatic heterocycles. The summed E-state index contributed by atoms with van der Waals surface area (Å²) in [4.78, 5) is 2.65. The van der Waals surface area contributed by atoms with E-state index in [1.54, 1.807) is 0 Å². The maximum absolute atomic E-state index is 9.58. The zero-order valence-corrected chi connectivity index (χ0v) is 12.1. The van der Waals surface area contributed by atoms with E-state index in [9.17, 15) is 5.11 Å². The summed E-state index contributed by atoms with van der Waals surface area (Å²) in [5.74, 6) is 0. The highest BCUT2D eigenvalue weighted by Gasteiger charge is 2.32. The Morgan fingerprint density at radius 2 is 1.94 bits per heavy atom. The molecule has 0 heterocycles. The molecule has 0 aromatic carbocycles. The van der Waals surface area contributed by atoms with E-state index in [0.717, 1.165) is 12.5 Å². The van der Waals surface area contributed by atoms with E-state index in [1.165, 1.54) is 51.6 Å². The molecule has 2 aliphatic carbocycles. The number of aliphatic hydroxyl groups excluding tert-OH is 1. The van der Waals surface area contributed by atoms with Gasteiger partial charge in [0.05, 0.1) is 6.61 Å². The third-order valence-corrected chi connectivity index (χ3v) is 4.23. The Labute approximate surface area is 112 Å². The van der Waals surface area contributed by atoms with Crippen molar-refractivity contribution in [3.63, 3.8) is 0 Å². The van der Waals surface area contributed by atoms with Crippen molar-refractivity contribution in [3.8, 4) is 0 Å². The first-order valence-corrected chi connectivity index (χ1v) is 7.79. The molecule has 1 unspecified atom stereocenters. The molecule has 2 rings (SSSR count). The normalized spacial score (nSPS) is 23.3. The Kier molecular flexibility index (Phi) is 5.05. The maximum atomic E-state index is 9.58. The number of hydrogen-bond acceptors (Lipinski definition) is 3. The fraction of sp³-hybridized carbons (Fsp3) is 1.00. The minimum atomic E-state index is -0.0530. The van der Waals surface area contributed by atoms with Crippen LogP contribution < -0.4 is 5.32 Å². The quantitative estimate of drug-likeness (QED) is 0.627. The van der Waals surface area contributed by atoms with Gasteiger partial charge in [-0.15, -0.1) is 0 Å². The zero-order valence-electron chi connectivity index (χ0n) is 12.1. The Morgan fingerprint density at radius 1 is 1.22 bits per heavy atom. The van der Waals surface area contributed by atoms with Crippen LogP contribution in [0.15, 0.2) is 0 Å². The van der Waals surface area contributed by atoms with Crippen molar-refractivity contribution in [2.75, 3.05) is 19.7 Å². The lowest BCUT2D eigenvalue weighted by atomic mass is 9.96. The lowest BCUT2D eigenvalue weighted by molar-refractivity contribution is 0.153. The summed E-state index contributed by atoms with van der Waals surface area (Å²) in [6.45, 7) is 7.16. The fourth-order valence-electron chi connectivity index (χ4n) is 2.79. The van der Waals surface area contributed by atoms with Gasteiger partial charge in [0.15, 0.2) is 0 Å². The van der Waals surface area contributed by atoms with E-state index in [0.29, 0.717) is 6.04 Å². The average Bonchev–Trinajstić information content (AvgIpc) is 3.21. The minimum absolute atomic E-state index is 0.0530. The molecule has 2 fully saturated rings. The predicted octanol–water partition coefficient (Wildman–Crippen LogP) is 2.14. The summed E-state index contributed by atoms with van der Waals surface area (Å²) in [7, 11) is 0. The van der Waals surface area contributed by atoms with Crippen LogP contribution in [0.4, 0.5) is 0 Å². The van der Waals surface area contributed by atoms with Crippen LogP contribution in [0.1, 0.15) is 58.8 Å². The van der Waals surface area contributed by atoms with E-state index in [2.05, 4.69) is 24.1 Å². The van der Waals surface area contributed by atoms with E-state index < -0.39 is 0 Å². The molecule has 0 aromatic rings. The molecule has 0 bridgehead atoms. The van der Waals surface area contributed by atoms with Gasteiger partial charge in [-0.25, -0.2) is 0 Å². The molecular weight excluding hydrogens is 224 g/mol. The van der Waals surface area contributed by atoms with Crippen LogP contribution in [0.3, 0.4) is 0 Å². The van der Waals surface area contributed by atoms with E-state index in [4.69, 9.17) is 0 Å². The van der Waals surface area contributed by atoms with Gasteiger partial charge in [-0.1, -0.05) is 6.92 Å². The zero-order chi connectivity index (χ0) is 13.0. The molecule has 3 nitrogen and oxygen atoms in total. The summed E-state index contributed by atoms with van der Waals surface area (Å²) in [5.41, 5.74) is -0.0530. The van der Waals surface area contributed by atoms with Crippen molar-refractivity contribution in [3.05, 3.63) is 0 Å². The topological polar surface area (TPSA) is 35.5 Å². The second-order valence-electron chi connectivity index (χ2n) is 6.51. The number of nitrogens with one attached hydrogen (secondary N) is 1. The summed E-state index contributed by atoms with van der Waals surface area (Å²) in [6.07, 6.45) is 8.93. The van der Waals surface area contributed by atoms with Crippen LogP contribution in [-0.2, 0) is 0 Å². The molecule has 106 valence electrons. The third-order valence-electron chi connectivity index (χ3n) is 4.23. The second-order valence-corrected chi connectivity index (χ2v) is 6.51. The van der Waals surface area contributed by atoms with Gasteiger partial charge in [0.2, 0.25) is 0 Å². The number of nitrogens with zero attached hydrogens (tertiary/aromatic N) is 1. The number of rotatable bonds is 10. The lowest BCUT2D eigenvalue weighted by Crippen LogP contribution is -2.47. The molecule has 0 aromatic heterocycles. The van der Waals surface area contributed by atoms with Crippen LogP contribution in [0.25, 0.3) is 0 Å². The Balaban J connectivity index is 1.67. The summed E-state index contributed by atoms with van der Waals surface area (Å²) >= 11 is 0. The molecule has 2 aliphatic rings. The maximum Gasteiger partial charge on any atom is 0.0610 e. The molecule has 3 heteroatoms. The first kappa shape index (κ1) is 14.3. The van der Waals surface area contributed by atoms with E-state index in [-0.39, 0.29) is 12.1 Å². The SMILES string of the molecule is CCCN(CCCC(C)(CO)NC1CC1)C1CC1. The van der Waals surface area contributed by atoms with Gasteiger partial charge in [0.1, 0.15) is 0 Å². The molecule has 1 atom stereocenters. The van der Waals surface area contributed by atoms with Crippen molar-refractivity contribution < 1.29 is 5.11 Å². The van der Waals surface area contributed by atoms with Gasteiger partial charge >= 0.3 is 0 Å². The van der Waals surface area contributed by atoms with Gasteiger partial charge in [-0.2, -0.15) is 0 Å². The van der Waals surface area contributed by atoms with Crippen molar-refractivity contribution in [2.45, 2.75) is 76.4 Å². The van der Waals surface area contributed by atoms with Gasteiger partial charge < -0.3 is 15.3 Å². The monoisotopic (exact) mass is 254 g/mol. The van der Waals surface area contributed by atoms with Gasteiger partial charge in [-0.05, 0) is 65.0 Å². The van der Waals surface area contributed by atoms with Crippen LogP contribution in [0.2, 0.25) is 0 Å². The van der Waals surface area contributed by atoms with Crippen LogP contribution in [0, 0.1) is 0 Å². The van der Waals surface area contributed by atoms with Crippen molar-refractivity contribution in [2.24, 2.45) is 0 Å². The van der Waals surface area contributed by atoms with Crippen molar-refractivity contribution in [1.29, 1.82) is 0 Å². The van der Waals surface area contributed by atoms with Crippen LogP contribution in [-0.4, -0.2) is 47.3 Å². The predicted molar refractivity (Wildman–Crippen MR) is 75.8 cm³/mol. The van der Waals surface area contributed by atoms with E-state index in [1.807, 2.05) is 0 Å². The van der Waals surface area contributed by atoms with Crippen LogP contribution in [0.5, 0.6) is 0 Å². The minimum Gasteiger partial charge on any atom is -0.394 e. The molecule has 0 spiro atoms. The highest BCUT2D eigenvalue weighted by Crippen LogP contribution is 2.28. The van der Waals surface area contributed by atoms with E-state index >= 15 is 0 Å². The summed E-state index contributed by atoms with van der Waals surface area (Å²) in [6, 6.07) is 1.55. The largest absolute Gasteiger partial charge is 0.394 e. The first-order chi connectivity index (χ1) is 8.67. The molecule has 0 radical (unpaired) electrons. The van der Waals surface area contributed by atoms with Crippen LogP contribution >= 0.6 is 0 Å². The molecule has 2 saturated carbocycles. The smallest absolute Gasteiger partial charge is 0.0610 e. The molecular formula is C15H30N2O. The van der Waals surface area contributed by atoms with Crippen molar-refractivity contribution in [1.82, 2.24) is 10.2 Å². The highest BCUT2D eigenvalue weighted by atomic mass is 16.3. The van der Waals surface area contributed by atoms with Crippen molar-refractivity contribution >= 4 is 0 Å². The summed E-state index contributed by atoms with van der Waals surface area (Å²) < 4.78 is 0. The van der Waals surface area contributed by atoms with Gasteiger partial charge in [0, 0.05) is 17.6 Å². The standard InChI is InChI=1S/C15H30N2O/c1-3-10-17(14-7-8-14)11-4-9-15(2,12-18)16-13-5-6-13/h13-14,16,18H,3-12H2,1-2H3. The molecule has 18 heavy (non-hydrogen) atoms. The number of aliphatic hydroxyl groups is 1. The average molecular weight is 254 g/mol. The number of hydrogen-bond donors (Lipinski definition) is 2. The third kappa shape index (κ3) is 4.52. The Morgan fingerprint density at radius 3 is 2.44 bits per heavy atom. The fourth-order valence-corrected chi connectivity index (χ4v) is 2.79. The first-order valence-electron chi connectivity index (χ1n) is 7.79. The van der Waals surface area contributed by atoms with Gasteiger partial charge in [-0.3, -0.25) is 0 Å². The second kappa shape index (κ2) is 6.36. The Bertz CT molecular complexity index is 251. The molecule has 0 amide bonds. The Hall–Kier alpha value is -0.120. The highest BCUT2D eigenvalue weighted by molar-refractivity contribution is 4.92. The molecule has 0 saturated heterocycles. The molecule has 2 N–H and O–H groups in total. The van der Waals surface area contributed by atoms with Gasteiger partial charge in [0.25, 0.3) is 0 Å². The lowest BCUT2D eigenvalue weighted by Gasteiger charge is -2.30.